The minimum absolute atomic E-state index is 0.188. The van der Waals surface area contributed by atoms with E-state index in [2.05, 4.69) is 4.98 Å². The first-order valence-corrected chi connectivity index (χ1v) is 5.51. The van der Waals surface area contributed by atoms with E-state index in [1.165, 1.54) is 12.3 Å². The highest BCUT2D eigenvalue weighted by Gasteiger charge is 2.29. The summed E-state index contributed by atoms with van der Waals surface area (Å²) in [5.41, 5.74) is -1.18. The smallest absolute Gasteiger partial charge is 0.329 e. The Labute approximate surface area is 93.6 Å². The third-order valence-electron chi connectivity index (χ3n) is 2.17. The minimum atomic E-state index is -0.804. The lowest BCUT2D eigenvalue weighted by Crippen LogP contribution is -2.30. The van der Waals surface area contributed by atoms with Gasteiger partial charge in [0.15, 0.2) is 0 Å². The Morgan fingerprint density at radius 3 is 2.88 bits per heavy atom. The summed E-state index contributed by atoms with van der Waals surface area (Å²) >= 11 is 1.12. The van der Waals surface area contributed by atoms with Crippen LogP contribution in [0.1, 0.15) is 5.37 Å². The number of nitrogens with zero attached hydrogens (tertiary/aromatic N) is 1. The van der Waals surface area contributed by atoms with E-state index in [4.69, 9.17) is 5.11 Å². The number of aromatic nitrogens is 2. The van der Waals surface area contributed by atoms with Crippen molar-refractivity contribution in [3.05, 3.63) is 45.0 Å². The Balaban J connectivity index is 2.37. The standard InChI is InChI=1S/C9H9FN2O3S/c10-6-3-5(4-13)16-8(6)12-2-1-7(14)11-9(12)15/h1-3,5,8,13H,4H2,(H,11,14,15)/t5-,8+/m0/s1. The Bertz CT molecular complexity index is 536. The van der Waals surface area contributed by atoms with Crippen LogP contribution in [-0.2, 0) is 0 Å². The molecule has 0 saturated carbocycles. The van der Waals surface area contributed by atoms with Crippen LogP contribution in [0.3, 0.4) is 0 Å². The summed E-state index contributed by atoms with van der Waals surface area (Å²) in [5, 5.41) is 7.72. The average molecular weight is 244 g/mol. The van der Waals surface area contributed by atoms with Gasteiger partial charge in [0.2, 0.25) is 0 Å². The first-order chi connectivity index (χ1) is 7.61. The molecule has 1 aliphatic heterocycles. The van der Waals surface area contributed by atoms with Gasteiger partial charge in [-0.3, -0.25) is 14.3 Å². The minimum Gasteiger partial charge on any atom is -0.395 e. The third-order valence-corrected chi connectivity index (χ3v) is 3.51. The number of aliphatic hydroxyl groups is 1. The second-order valence-electron chi connectivity index (χ2n) is 3.28. The molecule has 2 atom stereocenters. The van der Waals surface area contributed by atoms with Gasteiger partial charge in [0.05, 0.1) is 11.9 Å². The molecule has 86 valence electrons. The first-order valence-electron chi connectivity index (χ1n) is 4.57. The quantitative estimate of drug-likeness (QED) is 0.767. The van der Waals surface area contributed by atoms with E-state index in [0.717, 1.165) is 22.4 Å². The molecule has 0 aliphatic carbocycles. The Morgan fingerprint density at radius 1 is 1.56 bits per heavy atom. The lowest BCUT2D eigenvalue weighted by molar-refractivity contribution is 0.307. The summed E-state index contributed by atoms with van der Waals surface area (Å²) < 4.78 is 14.6. The van der Waals surface area contributed by atoms with Crippen LogP contribution in [-0.4, -0.2) is 26.5 Å². The molecule has 2 N–H and O–H groups in total. The highest BCUT2D eigenvalue weighted by Crippen LogP contribution is 2.40. The number of thioether (sulfide) groups is 1. The summed E-state index contributed by atoms with van der Waals surface area (Å²) in [7, 11) is 0. The summed E-state index contributed by atoms with van der Waals surface area (Å²) in [6, 6.07) is 1.15. The molecule has 0 saturated heterocycles. The maximum Gasteiger partial charge on any atom is 0.329 e. The fourth-order valence-corrected chi connectivity index (χ4v) is 2.57. The van der Waals surface area contributed by atoms with Crippen LogP contribution in [0.15, 0.2) is 33.8 Å². The van der Waals surface area contributed by atoms with E-state index < -0.39 is 22.4 Å². The summed E-state index contributed by atoms with van der Waals surface area (Å²) in [5.74, 6) is -0.488. The Hall–Kier alpha value is -1.34. The molecule has 0 aromatic carbocycles. The normalized spacial score (nSPS) is 24.5. The van der Waals surface area contributed by atoms with E-state index >= 15 is 0 Å². The van der Waals surface area contributed by atoms with Crippen LogP contribution in [0.5, 0.6) is 0 Å². The maximum atomic E-state index is 13.5. The van der Waals surface area contributed by atoms with Gasteiger partial charge in [0.25, 0.3) is 5.56 Å². The van der Waals surface area contributed by atoms with Gasteiger partial charge in [-0.15, -0.1) is 11.8 Å². The molecule has 1 aromatic rings. The van der Waals surface area contributed by atoms with Crippen molar-refractivity contribution in [2.75, 3.05) is 6.61 Å². The van der Waals surface area contributed by atoms with Crippen molar-refractivity contribution in [2.24, 2.45) is 0 Å². The number of H-pyrrole nitrogens is 1. The molecule has 16 heavy (non-hydrogen) atoms. The van der Waals surface area contributed by atoms with Crippen molar-refractivity contribution in [1.29, 1.82) is 0 Å². The molecule has 0 bridgehead atoms. The van der Waals surface area contributed by atoms with Crippen LogP contribution in [0.25, 0.3) is 0 Å². The highest BCUT2D eigenvalue weighted by atomic mass is 32.2. The van der Waals surface area contributed by atoms with Gasteiger partial charge < -0.3 is 5.11 Å². The van der Waals surface area contributed by atoms with Gasteiger partial charge in [-0.05, 0) is 6.08 Å². The van der Waals surface area contributed by atoms with Gasteiger partial charge in [0.1, 0.15) is 11.2 Å². The highest BCUT2D eigenvalue weighted by molar-refractivity contribution is 8.00. The van der Waals surface area contributed by atoms with E-state index in [9.17, 15) is 14.0 Å². The van der Waals surface area contributed by atoms with Gasteiger partial charge in [-0.2, -0.15) is 0 Å². The first kappa shape index (κ1) is 11.2. The molecular formula is C9H9FN2O3S. The van der Waals surface area contributed by atoms with Gasteiger partial charge >= 0.3 is 5.69 Å². The molecule has 7 heteroatoms. The second-order valence-corrected chi connectivity index (χ2v) is 4.60. The van der Waals surface area contributed by atoms with Crippen molar-refractivity contribution >= 4 is 11.8 Å². The number of hydrogen-bond donors (Lipinski definition) is 2. The number of hydrogen-bond acceptors (Lipinski definition) is 4. The molecule has 5 nitrogen and oxygen atoms in total. The topological polar surface area (TPSA) is 75.1 Å². The van der Waals surface area contributed by atoms with Crippen molar-refractivity contribution < 1.29 is 9.50 Å². The second kappa shape index (κ2) is 4.26. The fraction of sp³-hybridized carbons (Fsp3) is 0.333. The fourth-order valence-electron chi connectivity index (χ4n) is 1.44. The van der Waals surface area contributed by atoms with E-state index in [1.807, 2.05) is 0 Å². The molecule has 2 heterocycles. The zero-order valence-corrected chi connectivity index (χ0v) is 8.91. The summed E-state index contributed by atoms with van der Waals surface area (Å²) in [4.78, 5) is 24.3. The molecule has 0 radical (unpaired) electrons. The van der Waals surface area contributed by atoms with Crippen LogP contribution in [0.2, 0.25) is 0 Å². The number of aromatic amines is 1. The van der Waals surface area contributed by atoms with Crippen molar-refractivity contribution in [1.82, 2.24) is 9.55 Å². The Kier molecular flexibility index (Phi) is 2.97. The Morgan fingerprint density at radius 2 is 2.31 bits per heavy atom. The van der Waals surface area contributed by atoms with Gasteiger partial charge in [0, 0.05) is 12.3 Å². The maximum absolute atomic E-state index is 13.5. The molecular weight excluding hydrogens is 235 g/mol. The summed E-state index contributed by atoms with van der Waals surface area (Å²) in [6.45, 7) is -0.188. The van der Waals surface area contributed by atoms with Gasteiger partial charge in [-0.1, -0.05) is 0 Å². The molecule has 0 unspecified atom stereocenters. The van der Waals surface area contributed by atoms with Crippen molar-refractivity contribution in [2.45, 2.75) is 10.6 Å². The lowest BCUT2D eigenvalue weighted by Gasteiger charge is -2.13. The predicted molar refractivity (Wildman–Crippen MR) is 58.0 cm³/mol. The van der Waals surface area contributed by atoms with Crippen LogP contribution in [0, 0.1) is 0 Å². The molecule has 1 aromatic heterocycles. The van der Waals surface area contributed by atoms with Crippen LogP contribution < -0.4 is 11.2 Å². The summed E-state index contributed by atoms with van der Waals surface area (Å²) in [6.07, 6.45) is 2.51. The van der Waals surface area contributed by atoms with Crippen LogP contribution in [0.4, 0.5) is 4.39 Å². The van der Waals surface area contributed by atoms with E-state index in [-0.39, 0.29) is 11.9 Å². The zero-order chi connectivity index (χ0) is 11.7. The van der Waals surface area contributed by atoms with Gasteiger partial charge in [-0.25, -0.2) is 9.18 Å². The van der Waals surface area contributed by atoms with Crippen LogP contribution >= 0.6 is 11.8 Å². The number of aliphatic hydroxyl groups excluding tert-OH is 1. The van der Waals surface area contributed by atoms with E-state index in [1.54, 1.807) is 0 Å². The molecule has 0 fully saturated rings. The SMILES string of the molecule is O=c1ccn([C@@H]2S[C@H](CO)C=C2F)c(=O)[nH]1. The largest absolute Gasteiger partial charge is 0.395 e. The van der Waals surface area contributed by atoms with E-state index in [0.29, 0.717) is 0 Å². The number of halogens is 1. The van der Waals surface area contributed by atoms with Crippen molar-refractivity contribution in [3.8, 4) is 0 Å². The molecule has 1 aliphatic rings. The number of rotatable bonds is 2. The lowest BCUT2D eigenvalue weighted by atomic mass is 10.3. The molecule has 2 rings (SSSR count). The predicted octanol–water partition coefficient (Wildman–Crippen LogP) is -0.00370. The van der Waals surface area contributed by atoms with Crippen molar-refractivity contribution in [3.63, 3.8) is 0 Å². The molecule has 0 amide bonds. The third kappa shape index (κ3) is 1.96. The molecule has 0 spiro atoms. The monoisotopic (exact) mass is 244 g/mol. The number of nitrogens with one attached hydrogen (secondary N) is 1. The average Bonchev–Trinajstić information content (AvgIpc) is 2.60. The zero-order valence-electron chi connectivity index (χ0n) is 8.09.